The standard InChI is InChI=1S/C15H20N2O5S/c18-15(19)10-22-14-3-1-2-11(6-14)7-16-23(20,21)17-8-12-4-5-13(12)9-17/h1-3,6,12-13,16H,4-5,7-10H2,(H,18,19)/t12-,13+. The van der Waals surface area contributed by atoms with E-state index in [1.165, 1.54) is 4.31 Å². The molecule has 0 amide bonds. The number of hydrogen-bond acceptors (Lipinski definition) is 4. The van der Waals surface area contributed by atoms with Crippen LogP contribution in [0.3, 0.4) is 0 Å². The van der Waals surface area contributed by atoms with E-state index in [1.807, 2.05) is 0 Å². The van der Waals surface area contributed by atoms with Gasteiger partial charge in [0.15, 0.2) is 6.61 Å². The summed E-state index contributed by atoms with van der Waals surface area (Å²) in [6.07, 6.45) is 2.25. The highest BCUT2D eigenvalue weighted by atomic mass is 32.2. The molecule has 1 aliphatic heterocycles. The molecule has 126 valence electrons. The normalized spacial score (nSPS) is 24.0. The van der Waals surface area contributed by atoms with Crippen LogP contribution in [0.5, 0.6) is 5.75 Å². The third-order valence-corrected chi connectivity index (χ3v) is 6.00. The minimum absolute atomic E-state index is 0.151. The lowest BCUT2D eigenvalue weighted by molar-refractivity contribution is -0.139. The number of carbonyl (C=O) groups is 1. The molecule has 1 aromatic carbocycles. The molecular formula is C15H20N2O5S. The molecule has 1 aliphatic carbocycles. The molecular weight excluding hydrogens is 320 g/mol. The number of fused-ring (bicyclic) bond motifs is 1. The van der Waals surface area contributed by atoms with Crippen LogP contribution in [0.4, 0.5) is 0 Å². The SMILES string of the molecule is O=C(O)COc1cccc(CNS(=O)(=O)N2C[C@H]3CC[C@H]3C2)c1. The molecule has 1 saturated carbocycles. The molecule has 1 saturated heterocycles. The average molecular weight is 340 g/mol. The van der Waals surface area contributed by atoms with Gasteiger partial charge in [-0.1, -0.05) is 12.1 Å². The second-order valence-corrected chi connectivity index (χ2v) is 7.83. The zero-order chi connectivity index (χ0) is 16.4. The van der Waals surface area contributed by atoms with Gasteiger partial charge in [-0.05, 0) is 42.4 Å². The van der Waals surface area contributed by atoms with Crippen molar-refractivity contribution in [1.29, 1.82) is 0 Å². The van der Waals surface area contributed by atoms with Gasteiger partial charge < -0.3 is 9.84 Å². The second kappa shape index (κ2) is 6.46. The van der Waals surface area contributed by atoms with Crippen LogP contribution in [0.25, 0.3) is 0 Å². The van der Waals surface area contributed by atoms with Crippen LogP contribution in [0.15, 0.2) is 24.3 Å². The predicted molar refractivity (Wildman–Crippen MR) is 83.1 cm³/mol. The Hall–Kier alpha value is -1.64. The topological polar surface area (TPSA) is 95.9 Å². The number of benzene rings is 1. The molecule has 8 heteroatoms. The van der Waals surface area contributed by atoms with Crippen molar-refractivity contribution in [3.05, 3.63) is 29.8 Å². The summed E-state index contributed by atoms with van der Waals surface area (Å²) >= 11 is 0. The fourth-order valence-corrected chi connectivity index (χ4v) is 4.38. The van der Waals surface area contributed by atoms with Crippen LogP contribution in [-0.2, 0) is 21.5 Å². The van der Waals surface area contributed by atoms with Crippen LogP contribution in [-0.4, -0.2) is 43.5 Å². The maximum Gasteiger partial charge on any atom is 0.341 e. The van der Waals surface area contributed by atoms with Crippen LogP contribution >= 0.6 is 0 Å². The highest BCUT2D eigenvalue weighted by Gasteiger charge is 2.43. The Labute approximate surface area is 135 Å². The van der Waals surface area contributed by atoms with Gasteiger partial charge in [0.2, 0.25) is 0 Å². The van der Waals surface area contributed by atoms with Gasteiger partial charge in [-0.3, -0.25) is 0 Å². The van der Waals surface area contributed by atoms with Crippen molar-refractivity contribution in [3.8, 4) is 5.75 Å². The fourth-order valence-electron chi connectivity index (χ4n) is 3.07. The zero-order valence-corrected chi connectivity index (χ0v) is 13.5. The maximum absolute atomic E-state index is 12.3. The molecule has 2 N–H and O–H groups in total. The van der Waals surface area contributed by atoms with E-state index in [2.05, 4.69) is 4.72 Å². The van der Waals surface area contributed by atoms with Crippen LogP contribution in [0, 0.1) is 11.8 Å². The van der Waals surface area contributed by atoms with Crippen LogP contribution in [0.1, 0.15) is 18.4 Å². The lowest BCUT2D eigenvalue weighted by Crippen LogP contribution is -2.39. The summed E-state index contributed by atoms with van der Waals surface area (Å²) < 4.78 is 33.9. The Balaban J connectivity index is 1.57. The molecule has 0 bridgehead atoms. The number of rotatable bonds is 7. The molecule has 2 fully saturated rings. The monoisotopic (exact) mass is 340 g/mol. The molecule has 0 aromatic heterocycles. The van der Waals surface area contributed by atoms with Gasteiger partial charge in [-0.2, -0.15) is 17.4 Å². The number of carboxylic acids is 1. The Morgan fingerprint density at radius 2 is 2.00 bits per heavy atom. The maximum atomic E-state index is 12.3. The Bertz CT molecular complexity index is 679. The molecule has 0 spiro atoms. The Kier molecular flexibility index (Phi) is 4.56. The van der Waals surface area contributed by atoms with Crippen molar-refractivity contribution >= 4 is 16.2 Å². The van der Waals surface area contributed by atoms with E-state index in [9.17, 15) is 13.2 Å². The summed E-state index contributed by atoms with van der Waals surface area (Å²) in [6.45, 7) is 0.952. The third kappa shape index (κ3) is 3.82. The summed E-state index contributed by atoms with van der Waals surface area (Å²) in [6, 6.07) is 6.75. The molecule has 1 heterocycles. The Morgan fingerprint density at radius 3 is 2.61 bits per heavy atom. The molecule has 7 nitrogen and oxygen atoms in total. The van der Waals surface area contributed by atoms with Crippen molar-refractivity contribution in [2.45, 2.75) is 19.4 Å². The van der Waals surface area contributed by atoms with E-state index in [0.717, 1.165) is 18.4 Å². The number of ether oxygens (including phenoxy) is 1. The van der Waals surface area contributed by atoms with E-state index in [1.54, 1.807) is 24.3 Å². The first-order chi connectivity index (χ1) is 10.9. The summed E-state index contributed by atoms with van der Waals surface area (Å²) in [5.41, 5.74) is 0.721. The number of nitrogens with one attached hydrogen (secondary N) is 1. The second-order valence-electron chi connectivity index (χ2n) is 6.07. The third-order valence-electron chi connectivity index (χ3n) is 4.51. The Morgan fingerprint density at radius 1 is 1.30 bits per heavy atom. The average Bonchev–Trinajstić information content (AvgIpc) is 2.79. The van der Waals surface area contributed by atoms with Crippen LogP contribution in [0.2, 0.25) is 0 Å². The molecule has 2 aliphatic rings. The van der Waals surface area contributed by atoms with E-state index >= 15 is 0 Å². The van der Waals surface area contributed by atoms with Crippen molar-refractivity contribution in [2.24, 2.45) is 11.8 Å². The van der Waals surface area contributed by atoms with Gasteiger partial charge >= 0.3 is 5.97 Å². The number of carboxylic acid groups (broad SMARTS) is 1. The molecule has 23 heavy (non-hydrogen) atoms. The molecule has 0 radical (unpaired) electrons. The number of nitrogens with zero attached hydrogens (tertiary/aromatic N) is 1. The molecule has 3 rings (SSSR count). The fraction of sp³-hybridized carbons (Fsp3) is 0.533. The van der Waals surface area contributed by atoms with E-state index in [4.69, 9.17) is 9.84 Å². The predicted octanol–water partition coefficient (Wildman–Crippen LogP) is 0.826. The largest absolute Gasteiger partial charge is 0.482 e. The van der Waals surface area contributed by atoms with Crippen molar-refractivity contribution < 1.29 is 23.1 Å². The van der Waals surface area contributed by atoms with Crippen molar-refractivity contribution in [2.75, 3.05) is 19.7 Å². The van der Waals surface area contributed by atoms with Crippen molar-refractivity contribution in [1.82, 2.24) is 9.03 Å². The van der Waals surface area contributed by atoms with Gasteiger partial charge in [0.1, 0.15) is 5.75 Å². The van der Waals surface area contributed by atoms with E-state index < -0.39 is 22.8 Å². The minimum Gasteiger partial charge on any atom is -0.482 e. The summed E-state index contributed by atoms with van der Waals surface area (Å²) in [5, 5.41) is 8.60. The van der Waals surface area contributed by atoms with Gasteiger partial charge in [0.25, 0.3) is 10.2 Å². The minimum atomic E-state index is -3.47. The van der Waals surface area contributed by atoms with Gasteiger partial charge in [-0.15, -0.1) is 0 Å². The van der Waals surface area contributed by atoms with Gasteiger partial charge in [-0.25, -0.2) is 4.79 Å². The number of aliphatic carboxylic acids is 1. The zero-order valence-electron chi connectivity index (χ0n) is 12.6. The highest BCUT2D eigenvalue weighted by molar-refractivity contribution is 7.87. The number of hydrogen-bond donors (Lipinski definition) is 2. The van der Waals surface area contributed by atoms with Crippen molar-refractivity contribution in [3.63, 3.8) is 0 Å². The summed E-state index contributed by atoms with van der Waals surface area (Å²) in [5.74, 6) is 0.404. The van der Waals surface area contributed by atoms with Gasteiger partial charge in [0, 0.05) is 19.6 Å². The van der Waals surface area contributed by atoms with E-state index in [0.29, 0.717) is 30.7 Å². The first-order valence-electron chi connectivity index (χ1n) is 7.62. The lowest BCUT2D eigenvalue weighted by atomic mass is 9.77. The highest BCUT2D eigenvalue weighted by Crippen LogP contribution is 2.41. The first-order valence-corrected chi connectivity index (χ1v) is 9.06. The molecule has 1 aromatic rings. The quantitative estimate of drug-likeness (QED) is 0.766. The van der Waals surface area contributed by atoms with E-state index in [-0.39, 0.29) is 6.54 Å². The van der Waals surface area contributed by atoms with Gasteiger partial charge in [0.05, 0.1) is 0 Å². The molecule has 2 atom stereocenters. The summed E-state index contributed by atoms with van der Waals surface area (Å²) in [4.78, 5) is 10.5. The van der Waals surface area contributed by atoms with Crippen LogP contribution < -0.4 is 9.46 Å². The smallest absolute Gasteiger partial charge is 0.341 e. The summed E-state index contributed by atoms with van der Waals surface area (Å²) in [7, 11) is -3.47. The molecule has 0 unspecified atom stereocenters. The first kappa shape index (κ1) is 16.2. The lowest BCUT2D eigenvalue weighted by Gasteiger charge is -2.27.